The van der Waals surface area contributed by atoms with E-state index in [9.17, 15) is 0 Å². The van der Waals surface area contributed by atoms with Gasteiger partial charge in [0.15, 0.2) is 0 Å². The summed E-state index contributed by atoms with van der Waals surface area (Å²) in [4.78, 5) is 0. The Kier molecular flexibility index (Phi) is 4.10. The van der Waals surface area contributed by atoms with Crippen LogP contribution in [0.25, 0.3) is 0 Å². The molecule has 0 saturated carbocycles. The van der Waals surface area contributed by atoms with Crippen LogP contribution in [-0.2, 0) is 0 Å². The van der Waals surface area contributed by atoms with Crippen LogP contribution in [0.3, 0.4) is 0 Å². The molecule has 0 spiro atoms. The van der Waals surface area contributed by atoms with Gasteiger partial charge >= 0.3 is 117 Å². The van der Waals surface area contributed by atoms with E-state index in [-0.39, 0.29) is 0 Å². The van der Waals surface area contributed by atoms with E-state index in [1.165, 1.54) is 8.92 Å². The topological polar surface area (TPSA) is 0 Å². The first kappa shape index (κ1) is 11.9. The van der Waals surface area contributed by atoms with Gasteiger partial charge in [-0.2, -0.15) is 0 Å². The summed E-state index contributed by atoms with van der Waals surface area (Å²) in [5, 5.41) is 0. The van der Waals surface area contributed by atoms with Crippen LogP contribution in [-0.4, -0.2) is 6.35 Å². The number of hydrogen-bond acceptors (Lipinski definition) is 0. The van der Waals surface area contributed by atoms with Gasteiger partial charge in [-0.3, -0.25) is 0 Å². The van der Waals surface area contributed by atoms with Crippen molar-refractivity contribution < 1.29 is 0 Å². The van der Waals surface area contributed by atoms with Gasteiger partial charge in [0.05, 0.1) is 0 Å². The zero-order valence-electron chi connectivity index (χ0n) is 7.94. The fraction of sp³-hybridized carbons (Fsp3) is 0. The van der Waals surface area contributed by atoms with E-state index in [2.05, 4.69) is 101 Å². The summed E-state index contributed by atoms with van der Waals surface area (Å²) in [7, 11) is 0. The molecule has 15 heavy (non-hydrogen) atoms. The number of halogens is 2. The average molecular weight is 487 g/mol. The van der Waals surface area contributed by atoms with Gasteiger partial charge in [-0.25, -0.2) is 0 Å². The van der Waals surface area contributed by atoms with Crippen molar-refractivity contribution in [3.8, 4) is 0 Å². The molecule has 0 amide bonds. The van der Waals surface area contributed by atoms with Crippen molar-refractivity contribution in [2.75, 3.05) is 0 Å². The molecule has 0 bridgehead atoms. The number of hydrogen-bond donors (Lipinski definition) is 0. The van der Waals surface area contributed by atoms with Gasteiger partial charge in [-0.15, -0.1) is 0 Å². The van der Waals surface area contributed by atoms with E-state index in [1.807, 2.05) is 0 Å². The Morgan fingerprint density at radius 2 is 0.933 bits per heavy atom. The van der Waals surface area contributed by atoms with Gasteiger partial charge in [-0.05, 0) is 0 Å². The second-order valence-corrected chi connectivity index (χ2v) is 29.5. The minimum atomic E-state index is -1.71. The molecule has 0 nitrogen and oxygen atoms in total. The SMILES string of the molecule is I[Se](I)(c1ccccc1)c1ccccc1. The van der Waals surface area contributed by atoms with E-state index >= 15 is 0 Å². The second kappa shape index (κ2) is 5.17. The van der Waals surface area contributed by atoms with E-state index in [0.717, 1.165) is 0 Å². The fourth-order valence-electron chi connectivity index (χ4n) is 1.32. The first-order valence-corrected chi connectivity index (χ1v) is 16.7. The molecule has 2 aromatic rings. The van der Waals surface area contributed by atoms with Crippen molar-refractivity contribution in [2.24, 2.45) is 0 Å². The zero-order valence-corrected chi connectivity index (χ0v) is 14.0. The van der Waals surface area contributed by atoms with Gasteiger partial charge < -0.3 is 0 Å². The first-order valence-electron chi connectivity index (χ1n) is 4.54. The van der Waals surface area contributed by atoms with Gasteiger partial charge in [0.1, 0.15) is 0 Å². The third kappa shape index (κ3) is 2.75. The van der Waals surface area contributed by atoms with Crippen LogP contribution in [0.5, 0.6) is 0 Å². The fourth-order valence-corrected chi connectivity index (χ4v) is 10.1. The van der Waals surface area contributed by atoms with E-state index < -0.39 is 6.35 Å². The molecule has 0 heterocycles. The monoisotopic (exact) mass is 488 g/mol. The summed E-state index contributed by atoms with van der Waals surface area (Å²) >= 11 is 5.30. The quantitative estimate of drug-likeness (QED) is 0.452. The Labute approximate surface area is 115 Å². The Hall–Kier alpha value is 0.419. The Bertz CT molecular complexity index is 384. The third-order valence-electron chi connectivity index (χ3n) is 2.08. The Morgan fingerprint density at radius 1 is 0.600 bits per heavy atom. The summed E-state index contributed by atoms with van der Waals surface area (Å²) < 4.78 is 2.97. The van der Waals surface area contributed by atoms with Crippen molar-refractivity contribution in [3.63, 3.8) is 0 Å². The predicted octanol–water partition coefficient (Wildman–Crippen LogP) is 3.11. The van der Waals surface area contributed by atoms with Crippen LogP contribution in [0.15, 0.2) is 60.7 Å². The van der Waals surface area contributed by atoms with Gasteiger partial charge in [0.25, 0.3) is 0 Å². The summed E-state index contributed by atoms with van der Waals surface area (Å²) in [5.74, 6) is 0. The molecule has 0 aromatic heterocycles. The third-order valence-corrected chi connectivity index (χ3v) is 16.3. The van der Waals surface area contributed by atoms with E-state index in [0.29, 0.717) is 0 Å². The second-order valence-electron chi connectivity index (χ2n) is 3.10. The minimum absolute atomic E-state index is 1.49. The molecule has 0 unspecified atom stereocenters. The van der Waals surface area contributed by atoms with Crippen molar-refractivity contribution in [1.82, 2.24) is 0 Å². The Balaban J connectivity index is 2.44. The maximum atomic E-state index is 2.65. The zero-order chi connectivity index (χ0) is 10.7. The van der Waals surface area contributed by atoms with Crippen molar-refractivity contribution in [2.45, 2.75) is 0 Å². The molecule has 0 N–H and O–H groups in total. The van der Waals surface area contributed by atoms with Crippen LogP contribution in [0.2, 0.25) is 0 Å². The van der Waals surface area contributed by atoms with Gasteiger partial charge in [0, 0.05) is 0 Å². The standard InChI is InChI=1S/C12H10I2Se/c13-15(14,11-7-3-1-4-8-11)12-9-5-2-6-10-12/h1-10H. The number of rotatable bonds is 2. The van der Waals surface area contributed by atoms with Crippen LogP contribution in [0, 0.1) is 0 Å². The van der Waals surface area contributed by atoms with E-state index in [4.69, 9.17) is 0 Å². The molecule has 0 saturated heterocycles. The molecule has 0 atom stereocenters. The normalized spacial score (nSPS) is 12.4. The first-order chi connectivity index (χ1) is 7.21. The van der Waals surface area contributed by atoms with E-state index in [1.54, 1.807) is 0 Å². The molecular formula is C12H10I2Se. The summed E-state index contributed by atoms with van der Waals surface area (Å²) in [6.45, 7) is 0. The van der Waals surface area contributed by atoms with Crippen LogP contribution >= 0.6 is 40.7 Å². The maximum absolute atomic E-state index is 2.65. The molecule has 0 aliphatic heterocycles. The molecule has 2 rings (SSSR count). The van der Waals surface area contributed by atoms with Gasteiger partial charge in [0.2, 0.25) is 0 Å². The molecular weight excluding hydrogens is 477 g/mol. The summed E-state index contributed by atoms with van der Waals surface area (Å²) in [5.41, 5.74) is 0. The van der Waals surface area contributed by atoms with Crippen LogP contribution in [0.4, 0.5) is 0 Å². The van der Waals surface area contributed by atoms with Crippen molar-refractivity contribution >= 4 is 56.0 Å². The Morgan fingerprint density at radius 3 is 1.27 bits per heavy atom. The van der Waals surface area contributed by atoms with Crippen molar-refractivity contribution in [3.05, 3.63) is 60.7 Å². The molecule has 3 heteroatoms. The molecule has 0 fully saturated rings. The number of benzene rings is 2. The molecule has 0 aliphatic rings. The van der Waals surface area contributed by atoms with Crippen molar-refractivity contribution in [1.29, 1.82) is 0 Å². The summed E-state index contributed by atoms with van der Waals surface area (Å²) in [6.07, 6.45) is -1.71. The summed E-state index contributed by atoms with van der Waals surface area (Å²) in [6, 6.07) is 21.6. The molecule has 0 aliphatic carbocycles. The predicted molar refractivity (Wildman–Crippen MR) is 85.9 cm³/mol. The van der Waals surface area contributed by atoms with Crippen LogP contribution in [0.1, 0.15) is 0 Å². The van der Waals surface area contributed by atoms with Gasteiger partial charge in [-0.1, -0.05) is 0 Å². The molecule has 0 radical (unpaired) electrons. The molecule has 2 aromatic carbocycles. The molecule has 78 valence electrons. The van der Waals surface area contributed by atoms with Crippen LogP contribution < -0.4 is 8.92 Å². The average Bonchev–Trinajstić information content (AvgIpc) is 2.31.